The maximum absolute atomic E-state index is 12.6. The summed E-state index contributed by atoms with van der Waals surface area (Å²) in [5.41, 5.74) is 0.211. The topological polar surface area (TPSA) is 70.8 Å². The normalized spacial score (nSPS) is 9.56. The molecule has 0 fully saturated rings. The Balaban J connectivity index is 0.00000128. The molecule has 0 aliphatic carbocycles. The van der Waals surface area contributed by atoms with Gasteiger partial charge in [-0.2, -0.15) is 9.90 Å². The van der Waals surface area contributed by atoms with Crippen LogP contribution in [-0.2, 0) is 0 Å². The van der Waals surface area contributed by atoms with Crippen molar-refractivity contribution in [3.8, 4) is 5.69 Å². The van der Waals surface area contributed by atoms with Gasteiger partial charge in [-0.1, -0.05) is 0 Å². The fraction of sp³-hybridized carbons (Fsp3) is 0. The Hall–Kier alpha value is -1.24. The summed E-state index contributed by atoms with van der Waals surface area (Å²) in [5, 5.41) is 17.7. The van der Waals surface area contributed by atoms with E-state index in [4.69, 9.17) is 0 Å². The quantitative estimate of drug-likeness (QED) is 0.508. The zero-order valence-corrected chi connectivity index (χ0v) is 10.4. The van der Waals surface area contributed by atoms with Gasteiger partial charge >= 0.3 is 29.6 Å². The Morgan fingerprint density at radius 3 is 2.44 bits per heavy atom. The maximum Gasteiger partial charge on any atom is 1.00 e. The predicted molar refractivity (Wildman–Crippen MR) is 45.6 cm³/mol. The molecule has 0 radical (unpaired) electrons. The fourth-order valence-corrected chi connectivity index (χ4v) is 1.06. The number of nitrogens with zero attached hydrogens (tertiary/aromatic N) is 3. The molecule has 0 bridgehead atoms. The number of hydrogen-bond donors (Lipinski definition) is 0. The SMILES string of the molecule is O=C([O-])c1cnn(-c2ccc(F)cc2)n1.[Na+]. The third kappa shape index (κ3) is 2.66. The van der Waals surface area contributed by atoms with E-state index in [2.05, 4.69) is 10.2 Å². The van der Waals surface area contributed by atoms with E-state index in [1.165, 1.54) is 24.3 Å². The second kappa shape index (κ2) is 5.20. The summed E-state index contributed by atoms with van der Waals surface area (Å²) in [7, 11) is 0. The molecule has 16 heavy (non-hydrogen) atoms. The fourth-order valence-electron chi connectivity index (χ4n) is 1.06. The van der Waals surface area contributed by atoms with Crippen molar-refractivity contribution in [3.63, 3.8) is 0 Å². The van der Waals surface area contributed by atoms with E-state index >= 15 is 0 Å². The van der Waals surface area contributed by atoms with Crippen LogP contribution in [0.5, 0.6) is 0 Å². The van der Waals surface area contributed by atoms with Crippen LogP contribution in [-0.4, -0.2) is 21.0 Å². The van der Waals surface area contributed by atoms with Crippen molar-refractivity contribution in [2.45, 2.75) is 0 Å². The first-order valence-corrected chi connectivity index (χ1v) is 4.06. The van der Waals surface area contributed by atoms with Gasteiger partial charge < -0.3 is 9.90 Å². The van der Waals surface area contributed by atoms with E-state index in [1.54, 1.807) is 0 Å². The first kappa shape index (κ1) is 12.8. The third-order valence-corrected chi connectivity index (χ3v) is 1.76. The van der Waals surface area contributed by atoms with Crippen LogP contribution in [0, 0.1) is 5.82 Å². The van der Waals surface area contributed by atoms with Gasteiger partial charge in [0.15, 0.2) is 0 Å². The van der Waals surface area contributed by atoms with Gasteiger partial charge in [0.2, 0.25) is 0 Å². The van der Waals surface area contributed by atoms with Crippen molar-refractivity contribution in [1.29, 1.82) is 0 Å². The Morgan fingerprint density at radius 1 is 1.31 bits per heavy atom. The summed E-state index contributed by atoms with van der Waals surface area (Å²) in [6.07, 6.45) is 1.07. The Labute approximate surface area is 112 Å². The van der Waals surface area contributed by atoms with Crippen molar-refractivity contribution in [3.05, 3.63) is 42.0 Å². The Morgan fingerprint density at radius 2 is 1.94 bits per heavy atom. The molecule has 1 heterocycles. The van der Waals surface area contributed by atoms with Crippen LogP contribution in [0.25, 0.3) is 5.69 Å². The van der Waals surface area contributed by atoms with Gasteiger partial charge in [-0.3, -0.25) is 0 Å². The summed E-state index contributed by atoms with van der Waals surface area (Å²) >= 11 is 0. The number of halogens is 1. The second-order valence-electron chi connectivity index (χ2n) is 2.78. The maximum atomic E-state index is 12.6. The van der Waals surface area contributed by atoms with Crippen LogP contribution >= 0.6 is 0 Å². The third-order valence-electron chi connectivity index (χ3n) is 1.76. The van der Waals surface area contributed by atoms with E-state index in [9.17, 15) is 14.3 Å². The molecule has 0 amide bonds. The van der Waals surface area contributed by atoms with Crippen LogP contribution in [0.3, 0.4) is 0 Å². The summed E-state index contributed by atoms with van der Waals surface area (Å²) in [6, 6.07) is 5.34. The molecule has 0 saturated carbocycles. The molecule has 76 valence electrons. The molecule has 0 unspecified atom stereocenters. The number of carbonyl (C=O) groups is 1. The van der Waals surface area contributed by atoms with Gasteiger partial charge in [-0.05, 0) is 24.3 Å². The van der Waals surface area contributed by atoms with E-state index in [1.807, 2.05) is 0 Å². The summed E-state index contributed by atoms with van der Waals surface area (Å²) in [6.45, 7) is 0. The van der Waals surface area contributed by atoms with E-state index < -0.39 is 5.97 Å². The molecule has 0 aliphatic heterocycles. The van der Waals surface area contributed by atoms with Crippen LogP contribution in [0.15, 0.2) is 30.5 Å². The van der Waals surface area contributed by atoms with Gasteiger partial charge in [0.25, 0.3) is 0 Å². The minimum Gasteiger partial charge on any atom is -0.543 e. The minimum absolute atomic E-state index is 0. The second-order valence-corrected chi connectivity index (χ2v) is 2.78. The molecule has 0 spiro atoms. The first-order chi connectivity index (χ1) is 7.16. The number of carbonyl (C=O) groups excluding carboxylic acids is 1. The number of rotatable bonds is 2. The molecule has 1 aromatic carbocycles. The van der Waals surface area contributed by atoms with Crippen molar-refractivity contribution in [2.75, 3.05) is 0 Å². The van der Waals surface area contributed by atoms with Crippen molar-refractivity contribution < 1.29 is 43.8 Å². The molecule has 0 saturated heterocycles. The molecule has 0 N–H and O–H groups in total. The van der Waals surface area contributed by atoms with Crippen molar-refractivity contribution in [2.24, 2.45) is 0 Å². The molecule has 2 aromatic rings. The predicted octanol–water partition coefficient (Wildman–Crippen LogP) is -3.23. The monoisotopic (exact) mass is 229 g/mol. The van der Waals surface area contributed by atoms with E-state index in [-0.39, 0.29) is 41.1 Å². The summed E-state index contributed by atoms with van der Waals surface area (Å²) in [4.78, 5) is 11.5. The molecular formula is C9H5FN3NaO2. The molecule has 5 nitrogen and oxygen atoms in total. The number of hydrogen-bond acceptors (Lipinski definition) is 4. The number of carboxylic acids is 1. The summed E-state index contributed by atoms with van der Waals surface area (Å²) in [5.74, 6) is -1.78. The largest absolute Gasteiger partial charge is 1.00 e. The van der Waals surface area contributed by atoms with Gasteiger partial charge in [0, 0.05) is 0 Å². The van der Waals surface area contributed by atoms with Crippen LogP contribution < -0.4 is 34.7 Å². The average molecular weight is 229 g/mol. The zero-order chi connectivity index (χ0) is 10.8. The molecule has 0 atom stereocenters. The number of aromatic nitrogens is 3. The molecule has 0 aliphatic rings. The summed E-state index contributed by atoms with van der Waals surface area (Å²) < 4.78 is 12.6. The molecular weight excluding hydrogens is 224 g/mol. The Kier molecular flexibility index (Phi) is 4.17. The van der Waals surface area contributed by atoms with Crippen LogP contribution in [0.2, 0.25) is 0 Å². The van der Waals surface area contributed by atoms with Gasteiger partial charge in [0.05, 0.1) is 17.9 Å². The zero-order valence-electron chi connectivity index (χ0n) is 8.42. The smallest absolute Gasteiger partial charge is 0.543 e. The number of aromatic carboxylic acids is 1. The van der Waals surface area contributed by atoms with E-state index in [0.717, 1.165) is 11.0 Å². The van der Waals surface area contributed by atoms with E-state index in [0.29, 0.717) is 5.69 Å². The first-order valence-electron chi connectivity index (χ1n) is 4.06. The number of benzene rings is 1. The minimum atomic E-state index is -1.40. The molecule has 1 aromatic heterocycles. The van der Waals surface area contributed by atoms with Crippen molar-refractivity contribution >= 4 is 5.97 Å². The molecule has 7 heteroatoms. The average Bonchev–Trinajstić information content (AvgIpc) is 2.68. The Bertz CT molecular complexity index is 498. The van der Waals surface area contributed by atoms with Crippen molar-refractivity contribution in [1.82, 2.24) is 15.0 Å². The standard InChI is InChI=1S/C9H6FN3O2.Na/c10-6-1-3-7(4-2-6)13-11-5-8(12-13)9(14)15;/h1-5H,(H,14,15);/q;+1/p-1. The van der Waals surface area contributed by atoms with Gasteiger partial charge in [-0.25, -0.2) is 4.39 Å². The molecule has 2 rings (SSSR count). The van der Waals surface area contributed by atoms with Gasteiger partial charge in [-0.15, -0.1) is 5.10 Å². The number of carboxylic acid groups (broad SMARTS) is 1. The van der Waals surface area contributed by atoms with Crippen LogP contribution in [0.4, 0.5) is 4.39 Å². The van der Waals surface area contributed by atoms with Crippen LogP contribution in [0.1, 0.15) is 10.5 Å². The van der Waals surface area contributed by atoms with Gasteiger partial charge in [0.1, 0.15) is 11.5 Å².